The Kier molecular flexibility index (Phi) is 22.4. The van der Waals surface area contributed by atoms with Crippen molar-refractivity contribution in [3.63, 3.8) is 0 Å². The third kappa shape index (κ3) is 15.5. The number of benzene rings is 6. The summed E-state index contributed by atoms with van der Waals surface area (Å²) in [6.07, 6.45) is 0. The van der Waals surface area contributed by atoms with Crippen LogP contribution in [0.1, 0.15) is 32.6 Å². The van der Waals surface area contributed by atoms with Crippen LogP contribution in [-0.2, 0) is 0 Å². The van der Waals surface area contributed by atoms with Crippen molar-refractivity contribution in [3.8, 4) is 33.9 Å². The zero-order valence-corrected chi connectivity index (χ0v) is 36.3. The number of hydrogen-bond donors (Lipinski definition) is 6. The average Bonchev–Trinajstić information content (AvgIpc) is 3.23. The first-order valence-corrected chi connectivity index (χ1v) is 19.5. The maximum absolute atomic E-state index is 10.6. The zero-order chi connectivity index (χ0) is 45.0. The van der Waals surface area contributed by atoms with Gasteiger partial charge < -0.3 is 49.4 Å². The third-order valence-electron chi connectivity index (χ3n) is 9.35. The number of anilines is 3. The summed E-state index contributed by atoms with van der Waals surface area (Å²) < 4.78 is 8.37. The topological polar surface area (TPSA) is 164 Å². The van der Waals surface area contributed by atoms with Crippen LogP contribution in [0.25, 0.3) is 33.4 Å². The molecule has 5 aromatic carbocycles. The van der Waals surface area contributed by atoms with Gasteiger partial charge in [-0.2, -0.15) is 0 Å². The van der Waals surface area contributed by atoms with Gasteiger partial charge in [-0.15, -0.1) is 0 Å². The van der Waals surface area contributed by atoms with Crippen molar-refractivity contribution in [2.75, 3.05) is 71.1 Å². The summed E-state index contributed by atoms with van der Waals surface area (Å²) in [5, 5.41) is 55.8. The summed E-state index contributed by atoms with van der Waals surface area (Å²) in [7, 11) is 12.8. The van der Waals surface area contributed by atoms with Crippen molar-refractivity contribution in [1.82, 2.24) is 4.58 Å². The molecule has 5 aromatic rings. The van der Waals surface area contributed by atoms with Gasteiger partial charge in [0.2, 0.25) is 5.36 Å². The largest absolute Gasteiger partial charge is 0.508 e. The number of rotatable bonds is 7. The van der Waals surface area contributed by atoms with Crippen LogP contribution >= 0.6 is 11.6 Å². The number of nitrogens with zero attached hydrogens (tertiary/aromatic N) is 4. The second kappa shape index (κ2) is 25.7. The van der Waals surface area contributed by atoms with Gasteiger partial charge in [0.1, 0.15) is 36.9 Å². The SMILES string of the molecule is C.C.C.CN(C)c1ccc2c(-c3ccc(B(O)O)cc3)c3ccc(=[N+](C)C)cc-3oc2c1.CN(C)c1cccc(O)c1.CN(C)c1cccc(O)c1.O=C(Cl)c1ccc(B(O)O)cc1. The Morgan fingerprint density at radius 2 is 1.03 bits per heavy atom. The highest BCUT2D eigenvalue weighted by molar-refractivity contribution is 6.67. The number of fused-ring (bicyclic) bond motifs is 2. The highest BCUT2D eigenvalue weighted by Gasteiger charge is 2.19. The Hall–Kier alpha value is -6.28. The molecule has 1 aliphatic heterocycles. The molecule has 6 N–H and O–H groups in total. The Morgan fingerprint density at radius 3 is 1.42 bits per heavy atom. The molecule has 0 amide bonds. The molecule has 2 aliphatic rings. The van der Waals surface area contributed by atoms with Gasteiger partial charge in [0, 0.05) is 106 Å². The summed E-state index contributed by atoms with van der Waals surface area (Å²) in [6, 6.07) is 39.8. The van der Waals surface area contributed by atoms with Gasteiger partial charge in [0.15, 0.2) is 0 Å². The van der Waals surface area contributed by atoms with E-state index in [4.69, 9.17) is 36.3 Å². The molecule has 0 spiro atoms. The van der Waals surface area contributed by atoms with E-state index in [1.54, 1.807) is 36.4 Å². The molecule has 12 nitrogen and oxygen atoms in total. The third-order valence-corrected chi connectivity index (χ3v) is 9.57. The molecule has 0 aromatic heterocycles. The van der Waals surface area contributed by atoms with Gasteiger partial charge in [0.05, 0.1) is 6.07 Å². The quantitative estimate of drug-likeness (QED) is 0.0445. The van der Waals surface area contributed by atoms with Crippen LogP contribution in [0.4, 0.5) is 17.1 Å². The van der Waals surface area contributed by atoms with E-state index < -0.39 is 19.5 Å². The van der Waals surface area contributed by atoms with Crippen LogP contribution in [0, 0.1) is 0 Å². The smallest absolute Gasteiger partial charge is 0.488 e. The molecule has 0 bridgehead atoms. The maximum Gasteiger partial charge on any atom is 0.488 e. The summed E-state index contributed by atoms with van der Waals surface area (Å²) in [5.41, 5.74) is 8.10. The summed E-state index contributed by atoms with van der Waals surface area (Å²) in [6.45, 7) is 0. The lowest BCUT2D eigenvalue weighted by Gasteiger charge is -2.18. The first-order valence-electron chi connectivity index (χ1n) is 19.1. The standard InChI is InChI=1S/C23H24BN2O3.2C8H11NO.C7H6BClO3.3CH4/c1-25(2)17-9-11-19-21(13-17)29-22-14-18(26(3)4)10-12-20(22)23(19)15-5-7-16(8-6-15)24(27)28;2*1-9(2)7-4-3-5-8(10)6-7;9-7(10)5-1-3-6(4-2-5)8(11)12;;;/h5-14,27-28H,1-4H3;2*3-6,10H,1-2H3;1-4,11-12H;3*1H4/q+1;;;;;;. The Morgan fingerprint density at radius 1 is 0.578 bits per heavy atom. The number of hydrogen-bond acceptors (Lipinski definition) is 11. The molecule has 1 aliphatic carbocycles. The van der Waals surface area contributed by atoms with E-state index in [1.165, 1.54) is 24.3 Å². The van der Waals surface area contributed by atoms with Crippen LogP contribution in [0.3, 0.4) is 0 Å². The van der Waals surface area contributed by atoms with Crippen molar-refractivity contribution < 1.29 is 39.5 Å². The Labute approximate surface area is 384 Å². The molecule has 7 rings (SSSR count). The first-order chi connectivity index (χ1) is 28.9. The molecular weight excluding hydrogens is 830 g/mol. The molecule has 340 valence electrons. The van der Waals surface area contributed by atoms with Crippen molar-refractivity contribution in [1.29, 1.82) is 0 Å². The van der Waals surface area contributed by atoms with Crippen molar-refractivity contribution in [3.05, 3.63) is 144 Å². The Balaban J connectivity index is 0.000000485. The van der Waals surface area contributed by atoms with E-state index in [0.717, 1.165) is 55.8 Å². The second-order valence-electron chi connectivity index (χ2n) is 14.7. The lowest BCUT2D eigenvalue weighted by Crippen LogP contribution is -2.29. The molecule has 15 heteroatoms. The number of carbonyl (C=O) groups excluding carboxylic acids is 1. The fraction of sp³-hybridized carbons (Fsp3) is 0.224. The van der Waals surface area contributed by atoms with Gasteiger partial charge >= 0.3 is 14.2 Å². The molecule has 64 heavy (non-hydrogen) atoms. The van der Waals surface area contributed by atoms with Gasteiger partial charge in [-0.3, -0.25) is 4.79 Å². The lowest BCUT2D eigenvalue weighted by atomic mass is 9.79. The predicted molar refractivity (Wildman–Crippen MR) is 271 cm³/mol. The van der Waals surface area contributed by atoms with E-state index >= 15 is 0 Å². The van der Waals surface area contributed by atoms with E-state index in [9.17, 15) is 14.8 Å². The second-order valence-corrected chi connectivity index (χ2v) is 15.1. The van der Waals surface area contributed by atoms with Gasteiger partial charge in [-0.1, -0.05) is 82.9 Å². The van der Waals surface area contributed by atoms with Crippen LogP contribution in [0.15, 0.2) is 138 Å². The van der Waals surface area contributed by atoms with E-state index in [-0.39, 0.29) is 22.3 Å². The first kappa shape index (κ1) is 55.7. The normalized spacial score (nSPS) is 9.77. The van der Waals surface area contributed by atoms with Gasteiger partial charge in [-0.25, -0.2) is 4.58 Å². The van der Waals surface area contributed by atoms with E-state index in [2.05, 4.69) is 24.3 Å². The molecule has 0 saturated heterocycles. The van der Waals surface area contributed by atoms with Crippen LogP contribution in [0.5, 0.6) is 11.5 Å². The molecule has 0 radical (unpaired) electrons. The molecule has 1 heterocycles. The van der Waals surface area contributed by atoms with Gasteiger partial charge in [-0.05, 0) is 70.6 Å². The minimum absolute atomic E-state index is 0. The van der Waals surface area contributed by atoms with Crippen LogP contribution < -0.4 is 35.6 Å². The number of phenols is 2. The molecule has 0 fully saturated rings. The van der Waals surface area contributed by atoms with Gasteiger partial charge in [0.25, 0.3) is 5.24 Å². The highest BCUT2D eigenvalue weighted by Crippen LogP contribution is 2.40. The summed E-state index contributed by atoms with van der Waals surface area (Å²) >= 11 is 5.17. The molecular formula is C49H64B2ClN4O8+. The maximum atomic E-state index is 10.6. The van der Waals surface area contributed by atoms with Crippen molar-refractivity contribution in [2.45, 2.75) is 22.3 Å². The lowest BCUT2D eigenvalue weighted by molar-refractivity contribution is 0.108. The summed E-state index contributed by atoms with van der Waals surface area (Å²) in [5.74, 6) is 1.43. The fourth-order valence-corrected chi connectivity index (χ4v) is 6.01. The number of carbonyl (C=O) groups is 1. The number of phenolic OH excluding ortho intramolecular Hbond substituents is 2. The Bertz CT molecular complexity index is 2510. The number of aromatic hydroxyl groups is 2. The highest BCUT2D eigenvalue weighted by atomic mass is 35.5. The van der Waals surface area contributed by atoms with E-state index in [1.807, 2.05) is 124 Å². The fourth-order valence-electron chi connectivity index (χ4n) is 5.89. The van der Waals surface area contributed by atoms with E-state index in [0.29, 0.717) is 28.0 Å². The van der Waals surface area contributed by atoms with Crippen molar-refractivity contribution >= 4 is 70.0 Å². The molecule has 0 saturated carbocycles. The van der Waals surface area contributed by atoms with Crippen LogP contribution in [-0.4, -0.2) is 106 Å². The van der Waals surface area contributed by atoms with Crippen LogP contribution in [0.2, 0.25) is 0 Å². The summed E-state index contributed by atoms with van der Waals surface area (Å²) in [4.78, 5) is 16.5. The van der Waals surface area contributed by atoms with Crippen molar-refractivity contribution in [2.24, 2.45) is 0 Å². The minimum Gasteiger partial charge on any atom is -0.508 e. The number of halogens is 1. The molecule has 0 atom stereocenters. The average molecular weight is 894 g/mol. The molecule has 0 unspecified atom stereocenters. The minimum atomic E-state index is -1.51. The predicted octanol–water partition coefficient (Wildman–Crippen LogP) is 6.55. The monoisotopic (exact) mass is 893 g/mol. The zero-order valence-electron chi connectivity index (χ0n) is 35.5.